The molecule has 23 heavy (non-hydrogen) atoms. The van der Waals surface area contributed by atoms with Gasteiger partial charge >= 0.3 is 23.8 Å². The van der Waals surface area contributed by atoms with Gasteiger partial charge in [-0.3, -0.25) is 24.1 Å². The second-order valence-electron chi connectivity index (χ2n) is 5.40. The van der Waals surface area contributed by atoms with Crippen molar-refractivity contribution in [1.82, 2.24) is 14.7 Å². The van der Waals surface area contributed by atoms with Crippen molar-refractivity contribution in [3.05, 3.63) is 12.7 Å². The predicted octanol–water partition coefficient (Wildman–Crippen LogP) is -0.714. The Hall–Kier alpha value is -2.71. The number of nitrogens with zero attached hydrogens (tertiary/aromatic N) is 3. The van der Waals surface area contributed by atoms with Crippen LogP contribution in [0.15, 0.2) is 12.7 Å². The quantitative estimate of drug-likeness (QED) is 0.406. The summed E-state index contributed by atoms with van der Waals surface area (Å²) in [5.41, 5.74) is 0. The Balaban J connectivity index is 2.03. The van der Waals surface area contributed by atoms with Crippen LogP contribution in [0, 0.1) is 5.92 Å². The number of amides is 5. The van der Waals surface area contributed by atoms with E-state index in [-0.39, 0.29) is 13.1 Å². The van der Waals surface area contributed by atoms with Crippen LogP contribution in [0.5, 0.6) is 0 Å². The van der Waals surface area contributed by atoms with E-state index in [0.717, 1.165) is 0 Å². The standard InChI is InChI=1S/C14H17N3O6/c1-2-5-16-11(19)12(20)17(14(16)23)8-10(18)15-6-3-4-9(7-15)13(21)22/h2,9H,1,3-8H2,(H,21,22). The molecule has 0 saturated carbocycles. The molecule has 0 radical (unpaired) electrons. The van der Waals surface area contributed by atoms with E-state index in [1.807, 2.05) is 0 Å². The molecule has 1 N–H and O–H groups in total. The summed E-state index contributed by atoms with van der Waals surface area (Å²) in [6.45, 7) is 3.12. The maximum Gasteiger partial charge on any atom is 0.335 e. The van der Waals surface area contributed by atoms with E-state index in [0.29, 0.717) is 29.2 Å². The number of imide groups is 2. The van der Waals surface area contributed by atoms with Crippen LogP contribution in [0.25, 0.3) is 0 Å². The summed E-state index contributed by atoms with van der Waals surface area (Å²) in [6.07, 6.45) is 2.31. The first kappa shape index (κ1) is 16.7. The highest BCUT2D eigenvalue weighted by molar-refractivity contribution is 6.45. The third kappa shape index (κ3) is 3.22. The molecule has 2 fully saturated rings. The molecule has 0 aliphatic carbocycles. The van der Waals surface area contributed by atoms with E-state index in [1.54, 1.807) is 0 Å². The summed E-state index contributed by atoms with van der Waals surface area (Å²) in [6, 6.07) is -0.861. The molecule has 124 valence electrons. The fraction of sp³-hybridized carbons (Fsp3) is 0.500. The molecular weight excluding hydrogens is 306 g/mol. The van der Waals surface area contributed by atoms with E-state index in [2.05, 4.69) is 6.58 Å². The van der Waals surface area contributed by atoms with E-state index in [9.17, 15) is 24.0 Å². The molecule has 5 amide bonds. The Morgan fingerprint density at radius 3 is 2.48 bits per heavy atom. The van der Waals surface area contributed by atoms with Gasteiger partial charge < -0.3 is 10.0 Å². The summed E-state index contributed by atoms with van der Waals surface area (Å²) in [4.78, 5) is 61.3. The number of hydrogen-bond acceptors (Lipinski definition) is 5. The van der Waals surface area contributed by atoms with E-state index in [1.165, 1.54) is 11.0 Å². The molecule has 9 nitrogen and oxygen atoms in total. The number of rotatable bonds is 5. The van der Waals surface area contributed by atoms with Crippen molar-refractivity contribution in [2.75, 3.05) is 26.2 Å². The molecule has 9 heteroatoms. The Morgan fingerprint density at radius 1 is 1.22 bits per heavy atom. The Labute approximate surface area is 132 Å². The van der Waals surface area contributed by atoms with Crippen molar-refractivity contribution in [2.45, 2.75) is 12.8 Å². The predicted molar refractivity (Wildman–Crippen MR) is 76.0 cm³/mol. The van der Waals surface area contributed by atoms with Crippen LogP contribution in [0.1, 0.15) is 12.8 Å². The molecule has 0 aromatic rings. The molecule has 0 aromatic heterocycles. The van der Waals surface area contributed by atoms with Crippen molar-refractivity contribution in [2.24, 2.45) is 5.92 Å². The fourth-order valence-electron chi connectivity index (χ4n) is 2.62. The summed E-state index contributed by atoms with van der Waals surface area (Å²) in [5.74, 6) is -4.24. The number of carboxylic acids is 1. The van der Waals surface area contributed by atoms with E-state index >= 15 is 0 Å². The molecule has 2 aliphatic heterocycles. The first-order chi connectivity index (χ1) is 10.9. The highest BCUT2D eigenvalue weighted by Gasteiger charge is 2.45. The minimum Gasteiger partial charge on any atom is -0.481 e. The third-order valence-corrected chi connectivity index (χ3v) is 3.86. The van der Waals surface area contributed by atoms with Gasteiger partial charge in [0, 0.05) is 19.6 Å². The fourth-order valence-corrected chi connectivity index (χ4v) is 2.62. The van der Waals surface area contributed by atoms with Crippen LogP contribution in [-0.2, 0) is 19.2 Å². The topological polar surface area (TPSA) is 115 Å². The number of piperidine rings is 1. The lowest BCUT2D eigenvalue weighted by molar-refractivity contribution is -0.147. The van der Waals surface area contributed by atoms with Gasteiger partial charge in [-0.05, 0) is 12.8 Å². The van der Waals surface area contributed by atoms with Gasteiger partial charge in [-0.1, -0.05) is 6.08 Å². The highest BCUT2D eigenvalue weighted by Crippen LogP contribution is 2.18. The van der Waals surface area contributed by atoms with Crippen LogP contribution in [-0.4, -0.2) is 75.7 Å². The van der Waals surface area contributed by atoms with E-state index < -0.39 is 42.2 Å². The van der Waals surface area contributed by atoms with Crippen LogP contribution in [0.4, 0.5) is 4.79 Å². The summed E-state index contributed by atoms with van der Waals surface area (Å²) >= 11 is 0. The number of likely N-dealkylation sites (tertiary alicyclic amines) is 1. The zero-order chi connectivity index (χ0) is 17.1. The number of aliphatic carboxylic acids is 1. The molecule has 1 unspecified atom stereocenters. The summed E-state index contributed by atoms with van der Waals surface area (Å²) in [7, 11) is 0. The van der Waals surface area contributed by atoms with Gasteiger partial charge in [0.2, 0.25) is 5.91 Å². The second kappa shape index (κ2) is 6.59. The van der Waals surface area contributed by atoms with Crippen molar-refractivity contribution >= 4 is 29.7 Å². The molecule has 2 heterocycles. The number of hydrogen-bond donors (Lipinski definition) is 1. The molecule has 1 atom stereocenters. The van der Waals surface area contributed by atoms with Gasteiger partial charge in [0.15, 0.2) is 0 Å². The molecule has 0 aromatic carbocycles. The Morgan fingerprint density at radius 2 is 1.87 bits per heavy atom. The Bertz CT molecular complexity index is 587. The van der Waals surface area contributed by atoms with Crippen molar-refractivity contribution < 1.29 is 29.1 Å². The summed E-state index contributed by atoms with van der Waals surface area (Å²) < 4.78 is 0. The average Bonchev–Trinajstić information content (AvgIpc) is 2.73. The van der Waals surface area contributed by atoms with Gasteiger partial charge in [0.25, 0.3) is 0 Å². The average molecular weight is 323 g/mol. The highest BCUT2D eigenvalue weighted by atomic mass is 16.4. The number of carboxylic acid groups (broad SMARTS) is 1. The molecular formula is C14H17N3O6. The first-order valence-electron chi connectivity index (χ1n) is 7.15. The minimum atomic E-state index is -1.06. The van der Waals surface area contributed by atoms with Gasteiger partial charge in [0.1, 0.15) is 6.54 Å². The smallest absolute Gasteiger partial charge is 0.335 e. The lowest BCUT2D eigenvalue weighted by Crippen LogP contribution is -2.48. The van der Waals surface area contributed by atoms with Gasteiger partial charge in [-0.15, -0.1) is 6.58 Å². The van der Waals surface area contributed by atoms with Crippen LogP contribution >= 0.6 is 0 Å². The number of carbonyl (C=O) groups is 5. The number of urea groups is 1. The maximum atomic E-state index is 12.2. The molecule has 2 saturated heterocycles. The van der Waals surface area contributed by atoms with E-state index in [4.69, 9.17) is 5.11 Å². The molecule has 0 bridgehead atoms. The third-order valence-electron chi connectivity index (χ3n) is 3.86. The lowest BCUT2D eigenvalue weighted by atomic mass is 9.98. The van der Waals surface area contributed by atoms with Gasteiger partial charge in [-0.2, -0.15) is 0 Å². The van der Waals surface area contributed by atoms with Gasteiger partial charge in [-0.25, -0.2) is 9.69 Å². The zero-order valence-corrected chi connectivity index (χ0v) is 12.4. The van der Waals surface area contributed by atoms with Crippen LogP contribution < -0.4 is 0 Å². The summed E-state index contributed by atoms with van der Waals surface area (Å²) in [5, 5.41) is 9.02. The molecule has 2 rings (SSSR count). The maximum absolute atomic E-state index is 12.2. The number of carbonyl (C=O) groups excluding carboxylic acids is 4. The first-order valence-corrected chi connectivity index (χ1v) is 7.15. The normalized spacial score (nSPS) is 21.8. The van der Waals surface area contributed by atoms with Crippen molar-refractivity contribution in [1.29, 1.82) is 0 Å². The zero-order valence-electron chi connectivity index (χ0n) is 12.4. The van der Waals surface area contributed by atoms with Crippen molar-refractivity contribution in [3.8, 4) is 0 Å². The Kier molecular flexibility index (Phi) is 4.77. The van der Waals surface area contributed by atoms with Crippen LogP contribution in [0.2, 0.25) is 0 Å². The SMILES string of the molecule is C=CCN1C(=O)C(=O)N(CC(=O)N2CCCC(C(=O)O)C2)C1=O. The van der Waals surface area contributed by atoms with Crippen LogP contribution in [0.3, 0.4) is 0 Å². The van der Waals surface area contributed by atoms with Crippen molar-refractivity contribution in [3.63, 3.8) is 0 Å². The lowest BCUT2D eigenvalue weighted by Gasteiger charge is -2.31. The van der Waals surface area contributed by atoms with Gasteiger partial charge in [0.05, 0.1) is 5.92 Å². The second-order valence-corrected chi connectivity index (χ2v) is 5.40. The molecule has 2 aliphatic rings. The monoisotopic (exact) mass is 323 g/mol. The molecule has 0 spiro atoms. The minimum absolute atomic E-state index is 0.0364. The largest absolute Gasteiger partial charge is 0.481 e.